The average Bonchev–Trinajstić information content (AvgIpc) is 2.48. The molecule has 5 heteroatoms. The monoisotopic (exact) mass is 425 g/mol. The van der Waals surface area contributed by atoms with Gasteiger partial charge in [-0.2, -0.15) is 0 Å². The largest absolute Gasteiger partial charge is 0.492 e. The molecule has 0 fully saturated rings. The molecule has 3 nitrogen and oxygen atoms in total. The van der Waals surface area contributed by atoms with Gasteiger partial charge in [-0.3, -0.25) is 4.79 Å². The average molecular weight is 427 g/mol. The third-order valence-corrected chi connectivity index (χ3v) is 4.20. The number of carbonyl (C=O) groups excluding carboxylic acids is 1. The summed E-state index contributed by atoms with van der Waals surface area (Å²) < 4.78 is 7.30. The van der Waals surface area contributed by atoms with Crippen LogP contribution in [0.15, 0.2) is 51.4 Å². The van der Waals surface area contributed by atoms with Crippen molar-refractivity contribution < 1.29 is 9.53 Å². The molecule has 0 aliphatic heterocycles. The fourth-order valence-electron chi connectivity index (χ4n) is 1.77. The van der Waals surface area contributed by atoms with Gasteiger partial charge < -0.3 is 10.1 Å². The SMILES string of the molecule is CC(C)COc1ccc(C(=O)Nc2ccccc2Br)cc1Br. The third-order valence-electron chi connectivity index (χ3n) is 2.89. The Hall–Kier alpha value is -1.33. The molecule has 22 heavy (non-hydrogen) atoms. The van der Waals surface area contributed by atoms with Gasteiger partial charge in [-0.1, -0.05) is 26.0 Å². The normalized spacial score (nSPS) is 10.6. The summed E-state index contributed by atoms with van der Waals surface area (Å²) in [7, 11) is 0. The van der Waals surface area contributed by atoms with E-state index in [9.17, 15) is 4.79 Å². The van der Waals surface area contributed by atoms with E-state index in [-0.39, 0.29) is 5.91 Å². The Morgan fingerprint density at radius 3 is 2.50 bits per heavy atom. The fraction of sp³-hybridized carbons (Fsp3) is 0.235. The van der Waals surface area contributed by atoms with Crippen LogP contribution in [0.3, 0.4) is 0 Å². The number of hydrogen-bond acceptors (Lipinski definition) is 2. The van der Waals surface area contributed by atoms with Gasteiger partial charge in [0, 0.05) is 10.0 Å². The van der Waals surface area contributed by atoms with Gasteiger partial charge in [-0.15, -0.1) is 0 Å². The zero-order valence-corrected chi connectivity index (χ0v) is 15.6. The highest BCUT2D eigenvalue weighted by Crippen LogP contribution is 2.27. The van der Waals surface area contributed by atoms with Crippen LogP contribution in [-0.4, -0.2) is 12.5 Å². The lowest BCUT2D eigenvalue weighted by Crippen LogP contribution is -2.12. The molecule has 0 saturated heterocycles. The first-order valence-electron chi connectivity index (χ1n) is 6.95. The molecule has 0 saturated carbocycles. The van der Waals surface area contributed by atoms with Crippen molar-refractivity contribution >= 4 is 43.5 Å². The quantitative estimate of drug-likeness (QED) is 0.685. The maximum absolute atomic E-state index is 12.3. The lowest BCUT2D eigenvalue weighted by atomic mass is 10.2. The molecule has 0 spiro atoms. The van der Waals surface area contributed by atoms with Crippen LogP contribution >= 0.6 is 31.9 Å². The maximum atomic E-state index is 12.3. The van der Waals surface area contributed by atoms with Crippen molar-refractivity contribution in [3.05, 3.63) is 57.0 Å². The Kier molecular flexibility index (Phi) is 6.03. The highest BCUT2D eigenvalue weighted by atomic mass is 79.9. The van der Waals surface area contributed by atoms with Crippen LogP contribution < -0.4 is 10.1 Å². The molecule has 1 amide bonds. The van der Waals surface area contributed by atoms with Crippen molar-refractivity contribution in [3.63, 3.8) is 0 Å². The second-order valence-corrected chi connectivity index (χ2v) is 6.99. The van der Waals surface area contributed by atoms with Crippen LogP contribution in [-0.2, 0) is 0 Å². The van der Waals surface area contributed by atoms with Crippen molar-refractivity contribution in [2.45, 2.75) is 13.8 Å². The summed E-state index contributed by atoms with van der Waals surface area (Å²) in [6.45, 7) is 4.82. The van der Waals surface area contributed by atoms with E-state index in [4.69, 9.17) is 4.74 Å². The summed E-state index contributed by atoms with van der Waals surface area (Å²) in [5.41, 5.74) is 1.31. The molecule has 0 unspecified atom stereocenters. The Morgan fingerprint density at radius 1 is 1.14 bits per heavy atom. The predicted molar refractivity (Wildman–Crippen MR) is 96.6 cm³/mol. The Balaban J connectivity index is 2.11. The standard InChI is InChI=1S/C17H17Br2NO2/c1-11(2)10-22-16-8-7-12(9-14(16)19)17(21)20-15-6-4-3-5-13(15)18/h3-9,11H,10H2,1-2H3,(H,20,21). The van der Waals surface area contributed by atoms with Crippen LogP contribution in [0.1, 0.15) is 24.2 Å². The van der Waals surface area contributed by atoms with E-state index < -0.39 is 0 Å². The lowest BCUT2D eigenvalue weighted by Gasteiger charge is -2.12. The van der Waals surface area contributed by atoms with Crippen molar-refractivity contribution in [2.75, 3.05) is 11.9 Å². The van der Waals surface area contributed by atoms with E-state index in [1.165, 1.54) is 0 Å². The minimum Gasteiger partial charge on any atom is -0.492 e. The first-order valence-corrected chi connectivity index (χ1v) is 8.54. The van der Waals surface area contributed by atoms with E-state index >= 15 is 0 Å². The smallest absolute Gasteiger partial charge is 0.255 e. The van der Waals surface area contributed by atoms with Crippen molar-refractivity contribution in [1.82, 2.24) is 0 Å². The second-order valence-electron chi connectivity index (χ2n) is 5.28. The Labute approximate surface area is 147 Å². The van der Waals surface area contributed by atoms with E-state index in [1.807, 2.05) is 24.3 Å². The predicted octanol–water partition coefficient (Wildman–Crippen LogP) is 5.50. The van der Waals surface area contributed by atoms with Crippen molar-refractivity contribution in [1.29, 1.82) is 0 Å². The molecule has 116 valence electrons. The number of hydrogen-bond donors (Lipinski definition) is 1. The van der Waals surface area contributed by atoms with Crippen LogP contribution in [0.5, 0.6) is 5.75 Å². The summed E-state index contributed by atoms with van der Waals surface area (Å²) in [5.74, 6) is 1.03. The van der Waals surface area contributed by atoms with E-state index in [2.05, 4.69) is 51.0 Å². The fourth-order valence-corrected chi connectivity index (χ4v) is 2.65. The lowest BCUT2D eigenvalue weighted by molar-refractivity contribution is 0.102. The summed E-state index contributed by atoms with van der Waals surface area (Å²) in [6.07, 6.45) is 0. The van der Waals surface area contributed by atoms with Crippen LogP contribution in [0, 0.1) is 5.92 Å². The molecular weight excluding hydrogens is 410 g/mol. The van der Waals surface area contributed by atoms with Gasteiger partial charge in [-0.05, 0) is 68.1 Å². The Morgan fingerprint density at radius 2 is 1.86 bits per heavy atom. The number of amides is 1. The number of rotatable bonds is 5. The molecular formula is C17H17Br2NO2. The molecule has 2 aromatic rings. The summed E-state index contributed by atoms with van der Waals surface area (Å²) in [5, 5.41) is 2.88. The first kappa shape index (κ1) is 17.0. The highest BCUT2D eigenvalue weighted by Gasteiger charge is 2.11. The van der Waals surface area contributed by atoms with E-state index in [0.29, 0.717) is 18.1 Å². The zero-order valence-electron chi connectivity index (χ0n) is 12.4. The summed E-state index contributed by atoms with van der Waals surface area (Å²) >= 11 is 6.86. The molecule has 0 radical (unpaired) electrons. The zero-order chi connectivity index (χ0) is 16.1. The molecule has 2 aromatic carbocycles. The molecule has 0 aliphatic rings. The second kappa shape index (κ2) is 7.79. The molecule has 0 bridgehead atoms. The van der Waals surface area contributed by atoms with Crippen LogP contribution in [0.25, 0.3) is 0 Å². The number of para-hydroxylation sites is 1. The molecule has 0 atom stereocenters. The number of nitrogens with one attached hydrogen (secondary N) is 1. The van der Waals surface area contributed by atoms with Crippen molar-refractivity contribution in [2.24, 2.45) is 5.92 Å². The topological polar surface area (TPSA) is 38.3 Å². The van der Waals surface area contributed by atoms with Gasteiger partial charge in [0.2, 0.25) is 0 Å². The van der Waals surface area contributed by atoms with Gasteiger partial charge in [0.15, 0.2) is 0 Å². The summed E-state index contributed by atoms with van der Waals surface area (Å²) in [4.78, 5) is 12.3. The minimum atomic E-state index is -0.164. The molecule has 0 heterocycles. The van der Waals surface area contributed by atoms with Gasteiger partial charge in [-0.25, -0.2) is 0 Å². The number of benzene rings is 2. The number of halogens is 2. The first-order chi connectivity index (χ1) is 10.5. The third kappa shape index (κ3) is 4.58. The van der Waals surface area contributed by atoms with Gasteiger partial charge in [0.05, 0.1) is 16.8 Å². The van der Waals surface area contributed by atoms with Crippen LogP contribution in [0.4, 0.5) is 5.69 Å². The Bertz CT molecular complexity index is 671. The van der Waals surface area contributed by atoms with Gasteiger partial charge in [0.1, 0.15) is 5.75 Å². The maximum Gasteiger partial charge on any atom is 0.255 e. The number of carbonyl (C=O) groups is 1. The van der Waals surface area contributed by atoms with E-state index in [1.54, 1.807) is 18.2 Å². The van der Waals surface area contributed by atoms with Gasteiger partial charge >= 0.3 is 0 Å². The van der Waals surface area contributed by atoms with Gasteiger partial charge in [0.25, 0.3) is 5.91 Å². The highest BCUT2D eigenvalue weighted by molar-refractivity contribution is 9.11. The molecule has 1 N–H and O–H groups in total. The van der Waals surface area contributed by atoms with Crippen LogP contribution in [0.2, 0.25) is 0 Å². The summed E-state index contributed by atoms with van der Waals surface area (Å²) in [6, 6.07) is 12.8. The molecule has 0 aliphatic carbocycles. The number of ether oxygens (including phenoxy) is 1. The van der Waals surface area contributed by atoms with E-state index in [0.717, 1.165) is 20.4 Å². The molecule has 2 rings (SSSR count). The van der Waals surface area contributed by atoms with Crippen molar-refractivity contribution in [3.8, 4) is 5.75 Å². The minimum absolute atomic E-state index is 0.164. The molecule has 0 aromatic heterocycles. The number of anilines is 1.